The van der Waals surface area contributed by atoms with Gasteiger partial charge in [0, 0.05) is 18.4 Å². The molecule has 0 amide bonds. The number of hydrogen-bond acceptors (Lipinski definition) is 2. The summed E-state index contributed by atoms with van der Waals surface area (Å²) in [4.78, 5) is 4.17. The lowest BCUT2D eigenvalue weighted by Gasteiger charge is -2.18. The molecule has 0 aliphatic carbocycles. The fraction of sp³-hybridized carbons (Fsp3) is 0.353. The van der Waals surface area contributed by atoms with Gasteiger partial charge in [0.2, 0.25) is 0 Å². The first-order valence-corrected chi connectivity index (χ1v) is 6.83. The van der Waals surface area contributed by atoms with Gasteiger partial charge in [0.25, 0.3) is 0 Å². The van der Waals surface area contributed by atoms with Crippen LogP contribution >= 0.6 is 0 Å². The van der Waals surface area contributed by atoms with E-state index in [1.807, 2.05) is 25.5 Å². The number of benzene rings is 1. The molecule has 0 saturated carbocycles. The van der Waals surface area contributed by atoms with Gasteiger partial charge in [-0.3, -0.25) is 4.98 Å². The Hall–Kier alpha value is -1.67. The van der Waals surface area contributed by atoms with Crippen molar-refractivity contribution < 1.29 is 0 Å². The monoisotopic (exact) mass is 254 g/mol. The molecule has 0 radical (unpaired) electrons. The van der Waals surface area contributed by atoms with Crippen LogP contribution in [0.25, 0.3) is 0 Å². The Bertz CT molecular complexity index is 500. The molecule has 100 valence electrons. The van der Waals surface area contributed by atoms with E-state index in [-0.39, 0.29) is 0 Å². The molecule has 1 aromatic heterocycles. The number of rotatable bonds is 5. The van der Waals surface area contributed by atoms with Crippen molar-refractivity contribution in [1.82, 2.24) is 10.3 Å². The molecule has 1 N–H and O–H groups in total. The maximum atomic E-state index is 4.17. The molecule has 19 heavy (non-hydrogen) atoms. The van der Waals surface area contributed by atoms with Gasteiger partial charge in [-0.05, 0) is 50.9 Å². The van der Waals surface area contributed by atoms with Crippen LogP contribution in [-0.2, 0) is 6.42 Å². The van der Waals surface area contributed by atoms with E-state index in [1.165, 1.54) is 22.3 Å². The van der Waals surface area contributed by atoms with E-state index in [0.717, 1.165) is 12.8 Å². The lowest BCUT2D eigenvalue weighted by molar-refractivity contribution is 0.548. The molecule has 1 unspecified atom stereocenters. The molecule has 1 aromatic carbocycles. The maximum Gasteiger partial charge on any atom is 0.0320 e. The van der Waals surface area contributed by atoms with Gasteiger partial charge < -0.3 is 5.32 Å². The minimum absolute atomic E-state index is 0.402. The minimum Gasteiger partial charge on any atom is -0.313 e. The molecule has 0 aliphatic rings. The highest BCUT2D eigenvalue weighted by Gasteiger charge is 2.10. The van der Waals surface area contributed by atoms with Crippen LogP contribution in [0.5, 0.6) is 0 Å². The normalized spacial score (nSPS) is 12.4. The molecular weight excluding hydrogens is 232 g/mol. The SMILES string of the molecule is CNC(CCc1cccnc1)c1cc(C)cc(C)c1. The topological polar surface area (TPSA) is 24.9 Å². The van der Waals surface area contributed by atoms with Gasteiger partial charge in [0.15, 0.2) is 0 Å². The largest absolute Gasteiger partial charge is 0.313 e. The summed E-state index contributed by atoms with van der Waals surface area (Å²) in [6.07, 6.45) is 5.91. The number of nitrogens with one attached hydrogen (secondary N) is 1. The Morgan fingerprint density at radius 1 is 1.16 bits per heavy atom. The van der Waals surface area contributed by atoms with Crippen molar-refractivity contribution in [3.8, 4) is 0 Å². The van der Waals surface area contributed by atoms with Crippen molar-refractivity contribution in [2.75, 3.05) is 7.05 Å². The molecule has 0 spiro atoms. The van der Waals surface area contributed by atoms with Crippen LogP contribution in [0, 0.1) is 13.8 Å². The van der Waals surface area contributed by atoms with Crippen LogP contribution in [0.15, 0.2) is 42.7 Å². The van der Waals surface area contributed by atoms with Crippen molar-refractivity contribution in [2.24, 2.45) is 0 Å². The summed E-state index contributed by atoms with van der Waals surface area (Å²) in [6, 6.07) is 11.3. The van der Waals surface area contributed by atoms with Gasteiger partial charge in [0.1, 0.15) is 0 Å². The number of nitrogens with zero attached hydrogens (tertiary/aromatic N) is 1. The molecule has 2 nitrogen and oxygen atoms in total. The molecule has 0 aliphatic heterocycles. The standard InChI is InChI=1S/C17H22N2/c1-13-9-14(2)11-16(10-13)17(18-3)7-6-15-5-4-8-19-12-15/h4-5,8-12,17-18H,6-7H2,1-3H3. The summed E-state index contributed by atoms with van der Waals surface area (Å²) in [5, 5.41) is 3.42. The van der Waals surface area contributed by atoms with Gasteiger partial charge in [-0.1, -0.05) is 35.4 Å². The number of pyridine rings is 1. The average molecular weight is 254 g/mol. The molecule has 0 bridgehead atoms. The zero-order chi connectivity index (χ0) is 13.7. The highest BCUT2D eigenvalue weighted by molar-refractivity contribution is 5.30. The molecule has 2 heteroatoms. The molecule has 1 heterocycles. The van der Waals surface area contributed by atoms with Crippen molar-refractivity contribution in [3.05, 3.63) is 65.0 Å². The zero-order valence-electron chi connectivity index (χ0n) is 12.0. The summed E-state index contributed by atoms with van der Waals surface area (Å²) >= 11 is 0. The Kier molecular flexibility index (Phi) is 4.69. The first-order valence-electron chi connectivity index (χ1n) is 6.83. The Morgan fingerprint density at radius 3 is 2.47 bits per heavy atom. The smallest absolute Gasteiger partial charge is 0.0320 e. The van der Waals surface area contributed by atoms with E-state index in [4.69, 9.17) is 0 Å². The van der Waals surface area contributed by atoms with Crippen LogP contribution in [0.1, 0.15) is 34.7 Å². The first-order chi connectivity index (χ1) is 9.19. The number of aryl methyl sites for hydroxylation is 3. The molecular formula is C17H22N2. The van der Waals surface area contributed by atoms with Crippen LogP contribution < -0.4 is 5.32 Å². The van der Waals surface area contributed by atoms with Crippen molar-refractivity contribution in [1.29, 1.82) is 0 Å². The molecule has 0 saturated heterocycles. The molecule has 2 rings (SSSR count). The van der Waals surface area contributed by atoms with Crippen LogP contribution in [0.3, 0.4) is 0 Å². The highest BCUT2D eigenvalue weighted by atomic mass is 14.9. The summed E-state index contributed by atoms with van der Waals surface area (Å²) < 4.78 is 0. The van der Waals surface area contributed by atoms with Crippen LogP contribution in [0.2, 0.25) is 0 Å². The van der Waals surface area contributed by atoms with E-state index >= 15 is 0 Å². The lowest BCUT2D eigenvalue weighted by atomic mass is 9.96. The Balaban J connectivity index is 2.07. The maximum absolute atomic E-state index is 4.17. The van der Waals surface area contributed by atoms with Gasteiger partial charge >= 0.3 is 0 Å². The van der Waals surface area contributed by atoms with E-state index in [9.17, 15) is 0 Å². The van der Waals surface area contributed by atoms with Crippen LogP contribution in [-0.4, -0.2) is 12.0 Å². The lowest BCUT2D eigenvalue weighted by Crippen LogP contribution is -2.17. The van der Waals surface area contributed by atoms with Gasteiger partial charge in [0.05, 0.1) is 0 Å². The second-order valence-corrected chi connectivity index (χ2v) is 5.16. The summed E-state index contributed by atoms with van der Waals surface area (Å²) in [5.41, 5.74) is 5.34. The van der Waals surface area contributed by atoms with E-state index in [0.29, 0.717) is 6.04 Å². The molecule has 2 aromatic rings. The van der Waals surface area contributed by atoms with Crippen molar-refractivity contribution in [2.45, 2.75) is 32.7 Å². The van der Waals surface area contributed by atoms with E-state index in [2.05, 4.69) is 48.4 Å². The predicted molar refractivity (Wildman–Crippen MR) is 80.3 cm³/mol. The third-order valence-corrected chi connectivity index (χ3v) is 3.44. The minimum atomic E-state index is 0.402. The van der Waals surface area contributed by atoms with Gasteiger partial charge in [-0.25, -0.2) is 0 Å². The fourth-order valence-electron chi connectivity index (χ4n) is 2.55. The zero-order valence-corrected chi connectivity index (χ0v) is 12.0. The number of aromatic nitrogens is 1. The van der Waals surface area contributed by atoms with Gasteiger partial charge in [-0.2, -0.15) is 0 Å². The quantitative estimate of drug-likeness (QED) is 0.882. The second kappa shape index (κ2) is 6.48. The Labute approximate surface area is 115 Å². The van der Waals surface area contributed by atoms with Crippen LogP contribution in [0.4, 0.5) is 0 Å². The third kappa shape index (κ3) is 3.90. The van der Waals surface area contributed by atoms with Crippen molar-refractivity contribution in [3.63, 3.8) is 0 Å². The second-order valence-electron chi connectivity index (χ2n) is 5.16. The Morgan fingerprint density at radius 2 is 1.89 bits per heavy atom. The number of hydrogen-bond donors (Lipinski definition) is 1. The summed E-state index contributed by atoms with van der Waals surface area (Å²) in [5.74, 6) is 0. The highest BCUT2D eigenvalue weighted by Crippen LogP contribution is 2.21. The fourth-order valence-corrected chi connectivity index (χ4v) is 2.55. The predicted octanol–water partition coefficient (Wildman–Crippen LogP) is 3.59. The molecule has 1 atom stereocenters. The first kappa shape index (κ1) is 13.8. The van der Waals surface area contributed by atoms with Crippen molar-refractivity contribution >= 4 is 0 Å². The summed E-state index contributed by atoms with van der Waals surface area (Å²) in [7, 11) is 2.03. The summed E-state index contributed by atoms with van der Waals surface area (Å²) in [6.45, 7) is 4.31. The third-order valence-electron chi connectivity index (χ3n) is 3.44. The van der Waals surface area contributed by atoms with E-state index < -0.39 is 0 Å². The average Bonchev–Trinajstić information content (AvgIpc) is 2.39. The van der Waals surface area contributed by atoms with E-state index in [1.54, 1.807) is 0 Å². The van der Waals surface area contributed by atoms with Gasteiger partial charge in [-0.15, -0.1) is 0 Å². The molecule has 0 fully saturated rings.